The Morgan fingerprint density at radius 3 is 2.48 bits per heavy atom. The van der Waals surface area contributed by atoms with Gasteiger partial charge in [0.05, 0.1) is 6.10 Å². The van der Waals surface area contributed by atoms with E-state index in [-0.39, 0.29) is 0 Å². The van der Waals surface area contributed by atoms with Gasteiger partial charge in [0.25, 0.3) is 0 Å². The number of carbonyl (C=O) groups is 1. The highest BCUT2D eigenvalue weighted by Crippen LogP contribution is 2.27. The number of methoxy groups -OCH3 is 1. The third kappa shape index (κ3) is 7.60. The Labute approximate surface area is 169 Å². The van der Waals surface area contributed by atoms with E-state index in [4.69, 9.17) is 19.4 Å². The van der Waals surface area contributed by atoms with Gasteiger partial charge < -0.3 is 14.6 Å². The van der Waals surface area contributed by atoms with Gasteiger partial charge in [-0.25, -0.2) is 4.79 Å². The number of carboxylic acid groups (broad SMARTS) is 1. The SMILES string of the molecule is CO[C@H]1CCN(C2CCOCC2)C[C@@H]1Cc1cccc(C)c1.O=C(O)C(F)(F)F. The van der Waals surface area contributed by atoms with E-state index in [0.717, 1.165) is 32.6 Å². The number of aliphatic carboxylic acids is 1. The normalized spacial score (nSPS) is 23.9. The molecule has 1 N–H and O–H groups in total. The van der Waals surface area contributed by atoms with Crippen LogP contribution >= 0.6 is 0 Å². The monoisotopic (exact) mass is 417 g/mol. The quantitative estimate of drug-likeness (QED) is 0.810. The number of rotatable bonds is 4. The summed E-state index contributed by atoms with van der Waals surface area (Å²) in [5.74, 6) is -2.16. The lowest BCUT2D eigenvalue weighted by Crippen LogP contribution is -2.50. The zero-order valence-corrected chi connectivity index (χ0v) is 17.0. The van der Waals surface area contributed by atoms with Gasteiger partial charge in [-0.15, -0.1) is 0 Å². The topological polar surface area (TPSA) is 59.0 Å². The van der Waals surface area contributed by atoms with Gasteiger partial charge in [0.15, 0.2) is 0 Å². The molecule has 0 saturated carbocycles. The van der Waals surface area contributed by atoms with Crippen molar-refractivity contribution in [3.05, 3.63) is 35.4 Å². The standard InChI is InChI=1S/C19H29NO2.C2HF3O2/c1-15-4-3-5-16(12-15)13-17-14-20(9-6-19(17)21-2)18-7-10-22-11-8-18;3-2(4,5)1(6)7/h3-5,12,17-19H,6-11,13-14H2,1-2H3;(H,6,7)/t17-,19-;/m0./s1. The third-order valence-electron chi connectivity index (χ3n) is 5.53. The van der Waals surface area contributed by atoms with E-state index in [0.29, 0.717) is 18.1 Å². The fraction of sp³-hybridized carbons (Fsp3) is 0.667. The summed E-state index contributed by atoms with van der Waals surface area (Å²) < 4.78 is 43.0. The van der Waals surface area contributed by atoms with E-state index in [1.54, 1.807) is 0 Å². The van der Waals surface area contributed by atoms with Crippen LogP contribution < -0.4 is 0 Å². The van der Waals surface area contributed by atoms with E-state index in [1.807, 2.05) is 7.11 Å². The van der Waals surface area contributed by atoms with Crippen LogP contribution in [0.2, 0.25) is 0 Å². The number of piperidine rings is 1. The van der Waals surface area contributed by atoms with Gasteiger partial charge in [-0.1, -0.05) is 29.8 Å². The van der Waals surface area contributed by atoms with Gasteiger partial charge in [-0.05, 0) is 38.2 Å². The molecule has 0 bridgehead atoms. The molecule has 0 aromatic heterocycles. The number of halogens is 3. The van der Waals surface area contributed by atoms with Crippen molar-refractivity contribution in [3.63, 3.8) is 0 Å². The second kappa shape index (κ2) is 10.9. The maximum atomic E-state index is 10.6. The van der Waals surface area contributed by atoms with Gasteiger partial charge >= 0.3 is 12.1 Å². The molecule has 0 spiro atoms. The molecule has 0 amide bonds. The van der Waals surface area contributed by atoms with Crippen molar-refractivity contribution in [1.82, 2.24) is 4.90 Å². The molecule has 3 rings (SSSR count). The molecule has 2 aliphatic heterocycles. The molecule has 8 heteroatoms. The second-order valence-electron chi connectivity index (χ2n) is 7.66. The zero-order chi connectivity index (χ0) is 21.4. The lowest BCUT2D eigenvalue weighted by molar-refractivity contribution is -0.192. The molecule has 2 atom stereocenters. The third-order valence-corrected chi connectivity index (χ3v) is 5.53. The van der Waals surface area contributed by atoms with Crippen LogP contribution in [0.15, 0.2) is 24.3 Å². The first-order valence-corrected chi connectivity index (χ1v) is 9.91. The number of ether oxygens (including phenoxy) is 2. The summed E-state index contributed by atoms with van der Waals surface area (Å²) in [7, 11) is 1.87. The number of hydrogen-bond acceptors (Lipinski definition) is 4. The Morgan fingerprint density at radius 2 is 1.93 bits per heavy atom. The number of benzene rings is 1. The molecule has 1 aromatic rings. The van der Waals surface area contributed by atoms with Gasteiger partial charge in [-0.3, -0.25) is 4.90 Å². The molecule has 0 unspecified atom stereocenters. The van der Waals surface area contributed by atoms with Gasteiger partial charge in [0.2, 0.25) is 0 Å². The van der Waals surface area contributed by atoms with Crippen LogP contribution in [0.4, 0.5) is 13.2 Å². The van der Waals surface area contributed by atoms with Crippen molar-refractivity contribution in [1.29, 1.82) is 0 Å². The highest BCUT2D eigenvalue weighted by molar-refractivity contribution is 5.73. The summed E-state index contributed by atoms with van der Waals surface area (Å²) in [4.78, 5) is 11.6. The molecular formula is C21H30F3NO4. The minimum absolute atomic E-state index is 0.400. The van der Waals surface area contributed by atoms with Crippen LogP contribution in [-0.4, -0.2) is 67.7 Å². The van der Waals surface area contributed by atoms with E-state index < -0.39 is 12.1 Å². The largest absolute Gasteiger partial charge is 0.490 e. The summed E-state index contributed by atoms with van der Waals surface area (Å²) in [6, 6.07) is 9.64. The first-order valence-electron chi connectivity index (χ1n) is 9.91. The molecule has 0 radical (unpaired) electrons. The molecule has 1 aromatic carbocycles. The Hall–Kier alpha value is -1.64. The molecule has 5 nitrogen and oxygen atoms in total. The molecule has 0 aliphatic carbocycles. The van der Waals surface area contributed by atoms with Crippen LogP contribution in [0.25, 0.3) is 0 Å². The zero-order valence-electron chi connectivity index (χ0n) is 17.0. The predicted octanol–water partition coefficient (Wildman–Crippen LogP) is 3.69. The van der Waals surface area contributed by atoms with E-state index in [1.165, 1.54) is 30.5 Å². The average Bonchev–Trinajstić information content (AvgIpc) is 2.68. The smallest absolute Gasteiger partial charge is 0.475 e. The van der Waals surface area contributed by atoms with Crippen LogP contribution in [-0.2, 0) is 20.7 Å². The highest BCUT2D eigenvalue weighted by Gasteiger charge is 2.38. The van der Waals surface area contributed by atoms with E-state index in [2.05, 4.69) is 36.1 Å². The van der Waals surface area contributed by atoms with Crippen LogP contribution in [0.5, 0.6) is 0 Å². The fourth-order valence-corrected chi connectivity index (χ4v) is 4.07. The second-order valence-corrected chi connectivity index (χ2v) is 7.66. The van der Waals surface area contributed by atoms with Crippen LogP contribution in [0, 0.1) is 12.8 Å². The Kier molecular flexibility index (Phi) is 8.92. The summed E-state index contributed by atoms with van der Waals surface area (Å²) in [5, 5.41) is 7.12. The van der Waals surface area contributed by atoms with Crippen LogP contribution in [0.1, 0.15) is 30.4 Å². The lowest BCUT2D eigenvalue weighted by Gasteiger charge is -2.43. The van der Waals surface area contributed by atoms with Crippen molar-refractivity contribution in [2.75, 3.05) is 33.4 Å². The first kappa shape index (κ1) is 23.6. The van der Waals surface area contributed by atoms with Gasteiger partial charge in [0, 0.05) is 45.4 Å². The Bertz CT molecular complexity index is 647. The van der Waals surface area contributed by atoms with Crippen molar-refractivity contribution >= 4 is 5.97 Å². The van der Waals surface area contributed by atoms with Crippen LogP contribution in [0.3, 0.4) is 0 Å². The molecule has 2 heterocycles. The molecule has 29 heavy (non-hydrogen) atoms. The number of hydrogen-bond donors (Lipinski definition) is 1. The van der Waals surface area contributed by atoms with Crippen molar-refractivity contribution in [2.45, 2.75) is 50.9 Å². The molecule has 2 fully saturated rings. The van der Waals surface area contributed by atoms with Crippen molar-refractivity contribution < 1.29 is 32.5 Å². The maximum Gasteiger partial charge on any atom is 0.490 e. The number of carboxylic acids is 1. The first-order chi connectivity index (χ1) is 13.7. The summed E-state index contributed by atoms with van der Waals surface area (Å²) in [5.41, 5.74) is 2.80. The lowest BCUT2D eigenvalue weighted by atomic mass is 9.87. The number of aryl methyl sites for hydroxylation is 1. The Morgan fingerprint density at radius 1 is 1.28 bits per heavy atom. The summed E-state index contributed by atoms with van der Waals surface area (Å²) >= 11 is 0. The van der Waals surface area contributed by atoms with Gasteiger partial charge in [-0.2, -0.15) is 13.2 Å². The van der Waals surface area contributed by atoms with Crippen molar-refractivity contribution in [2.24, 2.45) is 5.92 Å². The summed E-state index contributed by atoms with van der Waals surface area (Å²) in [6.45, 7) is 6.37. The molecular weight excluding hydrogens is 387 g/mol. The highest BCUT2D eigenvalue weighted by atomic mass is 19.4. The van der Waals surface area contributed by atoms with Gasteiger partial charge in [0.1, 0.15) is 0 Å². The van der Waals surface area contributed by atoms with E-state index >= 15 is 0 Å². The maximum absolute atomic E-state index is 10.6. The molecule has 2 aliphatic rings. The minimum atomic E-state index is -5.08. The fourth-order valence-electron chi connectivity index (χ4n) is 4.07. The molecule has 2 saturated heterocycles. The van der Waals surface area contributed by atoms with E-state index in [9.17, 15) is 13.2 Å². The predicted molar refractivity (Wildman–Crippen MR) is 103 cm³/mol. The molecule has 164 valence electrons. The Balaban J connectivity index is 0.000000370. The number of alkyl halides is 3. The minimum Gasteiger partial charge on any atom is -0.475 e. The van der Waals surface area contributed by atoms with Crippen molar-refractivity contribution in [3.8, 4) is 0 Å². The number of nitrogens with zero attached hydrogens (tertiary/aromatic N) is 1. The summed E-state index contributed by atoms with van der Waals surface area (Å²) in [6.07, 6.45) is -0.0231. The average molecular weight is 417 g/mol. The number of likely N-dealkylation sites (tertiary alicyclic amines) is 1.